The van der Waals surface area contributed by atoms with Crippen molar-refractivity contribution in [1.29, 1.82) is 0 Å². The SMILES string of the molecule is CCOC(=O)C1=C(C)N(N)C(=O)N[C@@H]1c1ccc(O)c(OC)c1. The van der Waals surface area contributed by atoms with Crippen LogP contribution in [0.4, 0.5) is 4.79 Å². The van der Waals surface area contributed by atoms with Crippen LogP contribution in [0.15, 0.2) is 29.5 Å². The van der Waals surface area contributed by atoms with E-state index in [1.165, 1.54) is 13.2 Å². The lowest BCUT2D eigenvalue weighted by molar-refractivity contribution is -0.139. The Morgan fingerprint density at radius 2 is 2.17 bits per heavy atom. The molecule has 124 valence electrons. The molecule has 0 bridgehead atoms. The number of benzene rings is 1. The lowest BCUT2D eigenvalue weighted by Crippen LogP contribution is -2.51. The van der Waals surface area contributed by atoms with Gasteiger partial charge in [-0.25, -0.2) is 20.4 Å². The van der Waals surface area contributed by atoms with Crippen molar-refractivity contribution in [3.8, 4) is 11.5 Å². The Kier molecular flexibility index (Phi) is 4.75. The van der Waals surface area contributed by atoms with Crippen molar-refractivity contribution in [3.63, 3.8) is 0 Å². The zero-order chi connectivity index (χ0) is 17.1. The number of carbonyl (C=O) groups is 2. The molecule has 2 amide bonds. The summed E-state index contributed by atoms with van der Waals surface area (Å²) in [6, 6.07) is 3.25. The second-order valence-corrected chi connectivity index (χ2v) is 4.90. The number of phenols is 1. The Hall–Kier alpha value is -2.74. The number of nitrogens with two attached hydrogens (primary N) is 1. The molecule has 1 aromatic carbocycles. The van der Waals surface area contributed by atoms with Crippen molar-refractivity contribution >= 4 is 12.0 Å². The molecule has 0 saturated carbocycles. The molecule has 1 heterocycles. The predicted octanol–water partition coefficient (Wildman–Crippen LogP) is 1.18. The van der Waals surface area contributed by atoms with Gasteiger partial charge in [-0.15, -0.1) is 0 Å². The van der Waals surface area contributed by atoms with Crippen LogP contribution < -0.4 is 15.9 Å². The average Bonchev–Trinajstić information content (AvgIpc) is 2.53. The first kappa shape index (κ1) is 16.6. The van der Waals surface area contributed by atoms with Gasteiger partial charge in [0.1, 0.15) is 0 Å². The van der Waals surface area contributed by atoms with Crippen LogP contribution in [0.3, 0.4) is 0 Å². The summed E-state index contributed by atoms with van der Waals surface area (Å²) in [5.74, 6) is 5.27. The molecule has 0 spiro atoms. The van der Waals surface area contributed by atoms with E-state index in [9.17, 15) is 14.7 Å². The monoisotopic (exact) mass is 321 g/mol. The van der Waals surface area contributed by atoms with E-state index >= 15 is 0 Å². The normalized spacial score (nSPS) is 17.8. The molecule has 2 rings (SSSR count). The fraction of sp³-hybridized carbons (Fsp3) is 0.333. The number of methoxy groups -OCH3 is 1. The van der Waals surface area contributed by atoms with Gasteiger partial charge < -0.3 is 19.9 Å². The van der Waals surface area contributed by atoms with E-state index in [0.29, 0.717) is 11.3 Å². The third-order valence-corrected chi connectivity index (χ3v) is 3.56. The number of hydrazine groups is 1. The van der Waals surface area contributed by atoms with Crippen LogP contribution in [-0.2, 0) is 9.53 Å². The van der Waals surface area contributed by atoms with Crippen molar-refractivity contribution in [2.45, 2.75) is 19.9 Å². The van der Waals surface area contributed by atoms with E-state index < -0.39 is 18.0 Å². The van der Waals surface area contributed by atoms with Gasteiger partial charge >= 0.3 is 12.0 Å². The number of esters is 1. The van der Waals surface area contributed by atoms with E-state index in [1.807, 2.05) is 0 Å². The zero-order valence-electron chi connectivity index (χ0n) is 13.1. The summed E-state index contributed by atoms with van der Waals surface area (Å²) in [6.07, 6.45) is 0. The van der Waals surface area contributed by atoms with Gasteiger partial charge in [-0.3, -0.25) is 0 Å². The molecule has 4 N–H and O–H groups in total. The standard InChI is InChI=1S/C15H19N3O5/c1-4-23-14(20)12-8(2)18(16)15(21)17-13(12)9-5-6-10(19)11(7-9)22-3/h5-7,13,19H,4,16H2,1-3H3,(H,17,21)/t13-/m1/s1. The topological polar surface area (TPSA) is 114 Å². The van der Waals surface area contributed by atoms with Gasteiger partial charge in [-0.05, 0) is 31.5 Å². The van der Waals surface area contributed by atoms with E-state index in [-0.39, 0.29) is 23.7 Å². The number of ether oxygens (including phenoxy) is 2. The van der Waals surface area contributed by atoms with Crippen molar-refractivity contribution in [2.24, 2.45) is 5.84 Å². The highest BCUT2D eigenvalue weighted by Gasteiger charge is 2.35. The Balaban J connectivity index is 2.53. The van der Waals surface area contributed by atoms with E-state index in [1.54, 1.807) is 26.0 Å². The molecular weight excluding hydrogens is 302 g/mol. The molecule has 8 nitrogen and oxygen atoms in total. The molecule has 0 radical (unpaired) electrons. The number of amides is 2. The zero-order valence-corrected chi connectivity index (χ0v) is 13.1. The third-order valence-electron chi connectivity index (χ3n) is 3.56. The number of carbonyl (C=O) groups excluding carboxylic acids is 2. The van der Waals surface area contributed by atoms with E-state index in [0.717, 1.165) is 5.01 Å². The molecule has 8 heteroatoms. The second-order valence-electron chi connectivity index (χ2n) is 4.90. The van der Waals surface area contributed by atoms with Gasteiger partial charge in [0.25, 0.3) is 0 Å². The molecule has 0 aliphatic carbocycles. The maximum atomic E-state index is 12.3. The first-order valence-corrected chi connectivity index (χ1v) is 7.00. The summed E-state index contributed by atoms with van der Waals surface area (Å²) < 4.78 is 10.1. The van der Waals surface area contributed by atoms with Crippen molar-refractivity contribution in [3.05, 3.63) is 35.0 Å². The molecule has 1 atom stereocenters. The Bertz CT molecular complexity index is 671. The maximum absolute atomic E-state index is 12.3. The Labute approximate surface area is 133 Å². The van der Waals surface area contributed by atoms with Gasteiger partial charge in [0.15, 0.2) is 11.5 Å². The number of nitrogens with zero attached hydrogens (tertiary/aromatic N) is 1. The predicted molar refractivity (Wildman–Crippen MR) is 81.3 cm³/mol. The van der Waals surface area contributed by atoms with Crippen molar-refractivity contribution in [2.75, 3.05) is 13.7 Å². The average molecular weight is 321 g/mol. The summed E-state index contributed by atoms with van der Waals surface area (Å²) >= 11 is 0. The van der Waals surface area contributed by atoms with Gasteiger partial charge in [0.2, 0.25) is 0 Å². The second kappa shape index (κ2) is 6.57. The Morgan fingerprint density at radius 1 is 1.48 bits per heavy atom. The molecule has 0 aromatic heterocycles. The highest BCUT2D eigenvalue weighted by molar-refractivity contribution is 5.94. The number of hydrogen-bond acceptors (Lipinski definition) is 6. The van der Waals surface area contributed by atoms with Crippen molar-refractivity contribution < 1.29 is 24.2 Å². The molecule has 1 aliphatic rings. The molecule has 0 fully saturated rings. The van der Waals surface area contributed by atoms with Crippen LogP contribution in [0.1, 0.15) is 25.5 Å². The molecule has 0 unspecified atom stereocenters. The fourth-order valence-corrected chi connectivity index (χ4v) is 2.35. The highest BCUT2D eigenvalue weighted by Crippen LogP contribution is 2.34. The maximum Gasteiger partial charge on any atom is 0.338 e. The summed E-state index contributed by atoms with van der Waals surface area (Å²) in [7, 11) is 1.41. The summed E-state index contributed by atoms with van der Waals surface area (Å²) in [4.78, 5) is 24.2. The molecule has 0 saturated heterocycles. The fourth-order valence-electron chi connectivity index (χ4n) is 2.35. The summed E-state index contributed by atoms with van der Waals surface area (Å²) in [5.41, 5.74) is 1.08. The number of allylic oxidation sites excluding steroid dienone is 1. The largest absolute Gasteiger partial charge is 0.504 e. The first-order valence-electron chi connectivity index (χ1n) is 7.00. The van der Waals surface area contributed by atoms with Crippen LogP contribution >= 0.6 is 0 Å². The van der Waals surface area contributed by atoms with Crippen LogP contribution in [-0.4, -0.2) is 35.8 Å². The van der Waals surface area contributed by atoms with Gasteiger partial charge in [-0.1, -0.05) is 6.07 Å². The minimum Gasteiger partial charge on any atom is -0.504 e. The summed E-state index contributed by atoms with van der Waals surface area (Å²) in [5, 5.41) is 13.2. The minimum absolute atomic E-state index is 0.0442. The van der Waals surface area contributed by atoms with Gasteiger partial charge in [0.05, 0.1) is 25.3 Å². The van der Waals surface area contributed by atoms with Crippen molar-refractivity contribution in [1.82, 2.24) is 10.3 Å². The summed E-state index contributed by atoms with van der Waals surface area (Å²) in [6.45, 7) is 3.45. The number of nitrogens with one attached hydrogen (secondary N) is 1. The number of phenolic OH excluding ortho intramolecular Hbond substituents is 1. The lowest BCUT2D eigenvalue weighted by Gasteiger charge is -2.32. The van der Waals surface area contributed by atoms with Gasteiger partial charge in [0, 0.05) is 5.70 Å². The van der Waals surface area contributed by atoms with Crippen LogP contribution in [0.25, 0.3) is 0 Å². The van der Waals surface area contributed by atoms with Gasteiger partial charge in [-0.2, -0.15) is 0 Å². The smallest absolute Gasteiger partial charge is 0.338 e. The van der Waals surface area contributed by atoms with E-state index in [4.69, 9.17) is 15.3 Å². The van der Waals surface area contributed by atoms with E-state index in [2.05, 4.69) is 5.32 Å². The lowest BCUT2D eigenvalue weighted by atomic mass is 9.95. The molecular formula is C15H19N3O5. The Morgan fingerprint density at radius 3 is 2.78 bits per heavy atom. The number of rotatable bonds is 4. The quantitative estimate of drug-likeness (QED) is 0.436. The molecule has 23 heavy (non-hydrogen) atoms. The first-order chi connectivity index (χ1) is 10.9. The number of hydrogen-bond donors (Lipinski definition) is 3. The third kappa shape index (κ3) is 3.07. The minimum atomic E-state index is -0.754. The number of aromatic hydroxyl groups is 1. The molecule has 1 aliphatic heterocycles. The van der Waals surface area contributed by atoms with Crippen LogP contribution in [0, 0.1) is 0 Å². The number of urea groups is 1. The molecule has 1 aromatic rings. The van der Waals surface area contributed by atoms with Crippen LogP contribution in [0.5, 0.6) is 11.5 Å². The van der Waals surface area contributed by atoms with Crippen LogP contribution in [0.2, 0.25) is 0 Å². The highest BCUT2D eigenvalue weighted by atomic mass is 16.5.